The lowest BCUT2D eigenvalue weighted by Gasteiger charge is -2.39. The van der Waals surface area contributed by atoms with Crippen LogP contribution >= 0.6 is 22.9 Å². The van der Waals surface area contributed by atoms with E-state index in [2.05, 4.69) is 20.5 Å². The SMILES string of the molecule is CN=C(NCC(O)c1ccc(Cl)s1)NC1CCN(C2CCCCC2)CC1. The van der Waals surface area contributed by atoms with Crippen molar-refractivity contribution < 1.29 is 5.11 Å². The fraction of sp³-hybridized carbons (Fsp3) is 0.737. The van der Waals surface area contributed by atoms with Gasteiger partial charge in [-0.3, -0.25) is 4.99 Å². The molecule has 1 atom stereocenters. The molecule has 1 aromatic heterocycles. The molecule has 0 radical (unpaired) electrons. The van der Waals surface area contributed by atoms with E-state index in [1.54, 1.807) is 7.05 Å². The lowest BCUT2D eigenvalue weighted by Crippen LogP contribution is -2.51. The lowest BCUT2D eigenvalue weighted by atomic mass is 9.92. The minimum absolute atomic E-state index is 0.428. The Morgan fingerprint density at radius 3 is 2.62 bits per heavy atom. The van der Waals surface area contributed by atoms with Gasteiger partial charge in [-0.1, -0.05) is 30.9 Å². The van der Waals surface area contributed by atoms with Gasteiger partial charge in [-0.25, -0.2) is 0 Å². The van der Waals surface area contributed by atoms with Crippen LogP contribution in [0, 0.1) is 0 Å². The van der Waals surface area contributed by atoms with Crippen LogP contribution in [0.25, 0.3) is 0 Å². The summed E-state index contributed by atoms with van der Waals surface area (Å²) >= 11 is 7.35. The summed E-state index contributed by atoms with van der Waals surface area (Å²) in [6, 6.07) is 4.96. The zero-order valence-electron chi connectivity index (χ0n) is 15.6. The predicted octanol–water partition coefficient (Wildman–Crippen LogP) is 3.40. The van der Waals surface area contributed by atoms with Crippen molar-refractivity contribution in [3.8, 4) is 0 Å². The molecule has 5 nitrogen and oxygen atoms in total. The minimum atomic E-state index is -0.570. The third-order valence-electron chi connectivity index (χ3n) is 5.57. The van der Waals surface area contributed by atoms with Crippen molar-refractivity contribution in [2.75, 3.05) is 26.7 Å². The van der Waals surface area contributed by atoms with Gasteiger partial charge in [0.1, 0.15) is 6.10 Å². The van der Waals surface area contributed by atoms with E-state index < -0.39 is 6.10 Å². The first-order chi connectivity index (χ1) is 12.7. The number of hydrogen-bond acceptors (Lipinski definition) is 4. The molecule has 1 saturated carbocycles. The largest absolute Gasteiger partial charge is 0.386 e. The molecule has 3 rings (SSSR count). The highest BCUT2D eigenvalue weighted by Gasteiger charge is 2.26. The Kier molecular flexibility index (Phi) is 7.61. The van der Waals surface area contributed by atoms with E-state index in [1.807, 2.05) is 12.1 Å². The van der Waals surface area contributed by atoms with E-state index in [4.69, 9.17) is 11.6 Å². The molecule has 0 aromatic carbocycles. The van der Waals surface area contributed by atoms with Gasteiger partial charge in [-0.05, 0) is 37.8 Å². The number of thiophene rings is 1. The van der Waals surface area contributed by atoms with Crippen LogP contribution in [0.2, 0.25) is 4.34 Å². The number of aliphatic hydroxyl groups excluding tert-OH is 1. The van der Waals surface area contributed by atoms with Crippen LogP contribution in [-0.4, -0.2) is 54.7 Å². The summed E-state index contributed by atoms with van der Waals surface area (Å²) in [5.41, 5.74) is 0. The molecule has 3 N–H and O–H groups in total. The first kappa shape index (κ1) is 19.9. The van der Waals surface area contributed by atoms with Crippen LogP contribution in [0.15, 0.2) is 17.1 Å². The summed E-state index contributed by atoms with van der Waals surface area (Å²) in [6.45, 7) is 2.78. The molecule has 1 unspecified atom stereocenters. The Bertz CT molecular complexity index is 580. The maximum absolute atomic E-state index is 10.3. The fourth-order valence-corrected chi connectivity index (χ4v) is 5.09. The van der Waals surface area contributed by atoms with E-state index in [0.29, 0.717) is 16.9 Å². The number of nitrogens with one attached hydrogen (secondary N) is 2. The smallest absolute Gasteiger partial charge is 0.191 e. The van der Waals surface area contributed by atoms with Gasteiger partial charge in [0.15, 0.2) is 5.96 Å². The lowest BCUT2D eigenvalue weighted by molar-refractivity contribution is 0.119. The molecule has 2 heterocycles. The molecule has 26 heavy (non-hydrogen) atoms. The van der Waals surface area contributed by atoms with E-state index in [1.165, 1.54) is 56.5 Å². The van der Waals surface area contributed by atoms with Gasteiger partial charge in [-0.15, -0.1) is 11.3 Å². The standard InChI is InChI=1S/C19H31ClN4OS/c1-21-19(22-13-16(25)17-7-8-18(20)26-17)23-14-9-11-24(12-10-14)15-5-3-2-4-6-15/h7-8,14-16,25H,2-6,9-13H2,1H3,(H2,21,22,23). The molecule has 1 aliphatic heterocycles. The number of likely N-dealkylation sites (tertiary alicyclic amines) is 1. The first-order valence-electron chi connectivity index (χ1n) is 9.80. The molecule has 2 aliphatic rings. The second-order valence-corrected chi connectivity index (χ2v) is 9.10. The average Bonchev–Trinajstić information content (AvgIpc) is 3.12. The number of nitrogens with zero attached hydrogens (tertiary/aromatic N) is 2. The Labute approximate surface area is 165 Å². The van der Waals surface area contributed by atoms with Gasteiger partial charge >= 0.3 is 0 Å². The van der Waals surface area contributed by atoms with Crippen LogP contribution in [-0.2, 0) is 0 Å². The third kappa shape index (κ3) is 5.59. The molecular formula is C19H31ClN4OS. The van der Waals surface area contributed by atoms with Crippen LogP contribution in [0.3, 0.4) is 0 Å². The number of guanidine groups is 1. The highest BCUT2D eigenvalue weighted by atomic mass is 35.5. The second kappa shape index (κ2) is 9.93. The van der Waals surface area contributed by atoms with Crippen molar-refractivity contribution in [1.82, 2.24) is 15.5 Å². The Morgan fingerprint density at radius 1 is 1.27 bits per heavy atom. The molecule has 2 fully saturated rings. The summed E-state index contributed by atoms with van der Waals surface area (Å²) in [5.74, 6) is 0.766. The Hall–Kier alpha value is -0.820. The predicted molar refractivity (Wildman–Crippen MR) is 110 cm³/mol. The molecular weight excluding hydrogens is 368 g/mol. The molecule has 1 saturated heterocycles. The van der Waals surface area contributed by atoms with Crippen molar-refractivity contribution in [2.45, 2.75) is 63.1 Å². The number of halogens is 1. The van der Waals surface area contributed by atoms with E-state index in [0.717, 1.165) is 29.7 Å². The maximum Gasteiger partial charge on any atom is 0.191 e. The van der Waals surface area contributed by atoms with Crippen molar-refractivity contribution in [1.29, 1.82) is 0 Å². The van der Waals surface area contributed by atoms with Crippen LogP contribution in [0.4, 0.5) is 0 Å². The summed E-state index contributed by atoms with van der Waals surface area (Å²) in [7, 11) is 1.78. The monoisotopic (exact) mass is 398 g/mol. The van der Waals surface area contributed by atoms with Gasteiger partial charge < -0.3 is 20.6 Å². The van der Waals surface area contributed by atoms with Gasteiger partial charge in [-0.2, -0.15) is 0 Å². The van der Waals surface area contributed by atoms with Crippen molar-refractivity contribution >= 4 is 28.9 Å². The zero-order valence-corrected chi connectivity index (χ0v) is 17.2. The Balaban J connectivity index is 1.40. The molecule has 146 valence electrons. The van der Waals surface area contributed by atoms with Crippen LogP contribution in [0.1, 0.15) is 55.9 Å². The number of hydrogen-bond donors (Lipinski definition) is 3. The number of aliphatic hydroxyl groups is 1. The van der Waals surface area contributed by atoms with Crippen molar-refractivity contribution in [3.05, 3.63) is 21.3 Å². The van der Waals surface area contributed by atoms with Gasteiger partial charge in [0.05, 0.1) is 4.34 Å². The van der Waals surface area contributed by atoms with Crippen molar-refractivity contribution in [3.63, 3.8) is 0 Å². The topological polar surface area (TPSA) is 59.9 Å². The fourth-order valence-electron chi connectivity index (χ4n) is 4.04. The van der Waals surface area contributed by atoms with Crippen molar-refractivity contribution in [2.24, 2.45) is 4.99 Å². The summed E-state index contributed by atoms with van der Waals surface area (Å²) in [6.07, 6.45) is 8.71. The average molecular weight is 399 g/mol. The normalized spacial score (nSPS) is 22.3. The van der Waals surface area contributed by atoms with E-state index >= 15 is 0 Å². The van der Waals surface area contributed by atoms with Gasteiger partial charge in [0, 0.05) is 43.6 Å². The summed E-state index contributed by atoms with van der Waals surface area (Å²) in [4.78, 5) is 7.88. The molecule has 0 spiro atoms. The minimum Gasteiger partial charge on any atom is -0.386 e. The highest BCUT2D eigenvalue weighted by molar-refractivity contribution is 7.16. The molecule has 0 bridgehead atoms. The summed E-state index contributed by atoms with van der Waals surface area (Å²) in [5, 5.41) is 17.0. The number of aliphatic imine (C=N–C) groups is 1. The van der Waals surface area contributed by atoms with Gasteiger partial charge in [0.25, 0.3) is 0 Å². The van der Waals surface area contributed by atoms with Crippen LogP contribution in [0.5, 0.6) is 0 Å². The number of piperidine rings is 1. The summed E-state index contributed by atoms with van der Waals surface area (Å²) < 4.78 is 0.700. The third-order valence-corrected chi connectivity index (χ3v) is 6.90. The second-order valence-electron chi connectivity index (χ2n) is 7.36. The Morgan fingerprint density at radius 2 is 2.00 bits per heavy atom. The van der Waals surface area contributed by atoms with E-state index in [-0.39, 0.29) is 0 Å². The molecule has 1 aliphatic carbocycles. The molecule has 0 amide bonds. The zero-order chi connectivity index (χ0) is 18.4. The highest BCUT2D eigenvalue weighted by Crippen LogP contribution is 2.27. The van der Waals surface area contributed by atoms with Crippen LogP contribution < -0.4 is 10.6 Å². The first-order valence-corrected chi connectivity index (χ1v) is 11.0. The quantitative estimate of drug-likeness (QED) is 0.525. The molecule has 1 aromatic rings. The maximum atomic E-state index is 10.3. The van der Waals surface area contributed by atoms with Gasteiger partial charge in [0.2, 0.25) is 0 Å². The number of rotatable bonds is 5. The molecule has 7 heteroatoms. The van der Waals surface area contributed by atoms with E-state index in [9.17, 15) is 5.11 Å².